The van der Waals surface area contributed by atoms with Crippen molar-refractivity contribution in [1.29, 1.82) is 0 Å². The summed E-state index contributed by atoms with van der Waals surface area (Å²) in [7, 11) is 0. The van der Waals surface area contributed by atoms with Crippen molar-refractivity contribution in [3.8, 4) is 11.1 Å². The zero-order valence-corrected chi connectivity index (χ0v) is 27.9. The first-order valence-electron chi connectivity index (χ1n) is 17.3. The van der Waals surface area contributed by atoms with Gasteiger partial charge in [-0.15, -0.1) is 0 Å². The predicted octanol–water partition coefficient (Wildman–Crippen LogP) is 6.85. The molecular formula is C42H40N4O4. The molecule has 0 saturated carbocycles. The average Bonchev–Trinajstić information content (AvgIpc) is 3.84. The van der Waals surface area contributed by atoms with Crippen LogP contribution in [0.5, 0.6) is 0 Å². The monoisotopic (exact) mass is 664 g/mol. The first-order valence-corrected chi connectivity index (χ1v) is 17.3. The van der Waals surface area contributed by atoms with Crippen molar-refractivity contribution in [1.82, 2.24) is 9.80 Å². The molecule has 2 aliphatic heterocycles. The molecule has 2 N–H and O–H groups in total. The highest BCUT2D eigenvalue weighted by Crippen LogP contribution is 2.29. The van der Waals surface area contributed by atoms with Gasteiger partial charge in [0.1, 0.15) is 12.1 Å². The van der Waals surface area contributed by atoms with E-state index in [2.05, 4.69) is 16.7 Å². The Bertz CT molecular complexity index is 2010. The van der Waals surface area contributed by atoms with Crippen LogP contribution in [0.1, 0.15) is 36.8 Å². The Labute approximate surface area is 292 Å². The minimum atomic E-state index is -0.476. The van der Waals surface area contributed by atoms with Crippen LogP contribution in [0.25, 0.3) is 21.9 Å². The van der Waals surface area contributed by atoms with E-state index in [0.717, 1.165) is 45.9 Å². The predicted molar refractivity (Wildman–Crippen MR) is 196 cm³/mol. The summed E-state index contributed by atoms with van der Waals surface area (Å²) >= 11 is 0. The molecule has 50 heavy (non-hydrogen) atoms. The zero-order valence-electron chi connectivity index (χ0n) is 27.9. The molecule has 4 amide bonds. The van der Waals surface area contributed by atoms with Gasteiger partial charge in [-0.1, -0.05) is 91.0 Å². The van der Waals surface area contributed by atoms with Gasteiger partial charge >= 0.3 is 0 Å². The lowest BCUT2D eigenvalue weighted by Crippen LogP contribution is -2.43. The van der Waals surface area contributed by atoms with Crippen molar-refractivity contribution in [2.75, 3.05) is 23.7 Å². The number of benzene rings is 5. The number of nitrogens with zero attached hydrogens (tertiary/aromatic N) is 2. The number of amides is 4. The number of fused-ring (bicyclic) bond motifs is 1. The van der Waals surface area contributed by atoms with E-state index in [9.17, 15) is 19.2 Å². The molecule has 2 fully saturated rings. The Morgan fingerprint density at radius 1 is 0.520 bits per heavy atom. The van der Waals surface area contributed by atoms with Crippen molar-refractivity contribution >= 4 is 45.8 Å². The molecule has 0 bridgehead atoms. The van der Waals surface area contributed by atoms with Crippen molar-refractivity contribution in [2.24, 2.45) is 0 Å². The summed E-state index contributed by atoms with van der Waals surface area (Å²) in [4.78, 5) is 56.0. The van der Waals surface area contributed by atoms with Crippen LogP contribution in [0.4, 0.5) is 11.4 Å². The average molecular weight is 665 g/mol. The van der Waals surface area contributed by atoms with Gasteiger partial charge in [-0.25, -0.2) is 0 Å². The fourth-order valence-electron chi connectivity index (χ4n) is 7.12. The third kappa shape index (κ3) is 7.44. The largest absolute Gasteiger partial charge is 0.330 e. The Kier molecular flexibility index (Phi) is 9.69. The zero-order chi connectivity index (χ0) is 34.5. The minimum absolute atomic E-state index is 0.0261. The molecule has 0 aliphatic carbocycles. The Hall–Kier alpha value is -5.76. The van der Waals surface area contributed by atoms with Crippen LogP contribution in [0, 0.1) is 0 Å². The van der Waals surface area contributed by atoms with E-state index in [-0.39, 0.29) is 36.5 Å². The number of rotatable bonds is 9. The number of carbonyl (C=O) groups is 4. The second-order valence-corrected chi connectivity index (χ2v) is 13.1. The molecule has 5 aromatic rings. The third-order valence-electron chi connectivity index (χ3n) is 9.74. The van der Waals surface area contributed by atoms with Gasteiger partial charge in [-0.05, 0) is 89.0 Å². The summed E-state index contributed by atoms with van der Waals surface area (Å²) in [5.41, 5.74) is 5.30. The molecule has 8 heteroatoms. The summed E-state index contributed by atoms with van der Waals surface area (Å²) in [5, 5.41) is 8.07. The van der Waals surface area contributed by atoms with E-state index in [1.165, 1.54) is 0 Å². The summed E-state index contributed by atoms with van der Waals surface area (Å²) in [6.45, 7) is 1.18. The van der Waals surface area contributed by atoms with E-state index in [1.54, 1.807) is 9.80 Å². The maximum atomic E-state index is 13.3. The van der Waals surface area contributed by atoms with Crippen molar-refractivity contribution in [3.63, 3.8) is 0 Å². The molecule has 1 unspecified atom stereocenters. The molecule has 5 aromatic carbocycles. The van der Waals surface area contributed by atoms with E-state index in [0.29, 0.717) is 37.3 Å². The number of carbonyl (C=O) groups excluding carboxylic acids is 4. The lowest BCUT2D eigenvalue weighted by Gasteiger charge is -2.24. The molecule has 0 radical (unpaired) electrons. The van der Waals surface area contributed by atoms with Gasteiger partial charge in [0, 0.05) is 24.5 Å². The fraction of sp³-hybridized carbons (Fsp3) is 0.238. The molecule has 252 valence electrons. The first-order chi connectivity index (χ1) is 24.4. The molecule has 2 saturated heterocycles. The normalized spacial score (nSPS) is 17.1. The van der Waals surface area contributed by atoms with Crippen LogP contribution in [0.3, 0.4) is 0 Å². The number of hydrogen-bond donors (Lipinski definition) is 2. The van der Waals surface area contributed by atoms with Gasteiger partial charge in [-0.2, -0.15) is 0 Å². The summed E-state index contributed by atoms with van der Waals surface area (Å²) in [6, 6.07) is 38.0. The third-order valence-corrected chi connectivity index (χ3v) is 9.74. The molecule has 2 heterocycles. The van der Waals surface area contributed by atoms with Crippen LogP contribution >= 0.6 is 0 Å². The van der Waals surface area contributed by atoms with Gasteiger partial charge in [0.05, 0.1) is 12.8 Å². The maximum Gasteiger partial charge on any atom is 0.247 e. The molecule has 2 atom stereocenters. The van der Waals surface area contributed by atoms with Crippen LogP contribution in [-0.2, 0) is 32.0 Å². The summed E-state index contributed by atoms with van der Waals surface area (Å²) in [6.07, 6.45) is 3.50. The van der Waals surface area contributed by atoms with Crippen molar-refractivity contribution < 1.29 is 19.2 Å². The Balaban J connectivity index is 0.961. The van der Waals surface area contributed by atoms with Crippen LogP contribution in [0.2, 0.25) is 0 Å². The molecule has 2 aliphatic rings. The second-order valence-electron chi connectivity index (χ2n) is 13.1. The van der Waals surface area contributed by atoms with E-state index < -0.39 is 12.1 Å². The first kappa shape index (κ1) is 32.8. The topological polar surface area (TPSA) is 98.8 Å². The van der Waals surface area contributed by atoms with Crippen LogP contribution in [-0.4, -0.2) is 58.6 Å². The van der Waals surface area contributed by atoms with Gasteiger partial charge in [-0.3, -0.25) is 19.2 Å². The highest BCUT2D eigenvalue weighted by atomic mass is 16.2. The van der Waals surface area contributed by atoms with E-state index in [1.807, 2.05) is 115 Å². The smallest absolute Gasteiger partial charge is 0.247 e. The van der Waals surface area contributed by atoms with Crippen LogP contribution < -0.4 is 10.6 Å². The van der Waals surface area contributed by atoms with Crippen molar-refractivity contribution in [2.45, 2.75) is 50.6 Å². The number of nitrogens with one attached hydrogen (secondary N) is 2. The lowest BCUT2D eigenvalue weighted by molar-refractivity contribution is -0.136. The maximum absolute atomic E-state index is 13.3. The lowest BCUT2D eigenvalue weighted by atomic mass is 10.0. The summed E-state index contributed by atoms with van der Waals surface area (Å²) < 4.78 is 0. The standard InChI is InChI=1S/C42H40N4O4/c47-39(25-29-9-3-1-4-10-29)45-23-7-13-37(45)41(49)43-35-20-17-31(18-21-35)32-15-16-34-28-36(22-19-33(34)27-32)44-42(50)38-14-8-24-46(38)40(48)26-30-11-5-2-6-12-30/h1-6,9-12,15-22,27-28,37-38H,7-8,13-14,23-26H2,(H,43,49)(H,44,50)/t37-,38?/m0/s1. The van der Waals surface area contributed by atoms with Crippen LogP contribution in [0.15, 0.2) is 121 Å². The number of anilines is 2. The molecule has 0 aromatic heterocycles. The van der Waals surface area contributed by atoms with Gasteiger partial charge in [0.25, 0.3) is 0 Å². The minimum Gasteiger partial charge on any atom is -0.330 e. The van der Waals surface area contributed by atoms with Gasteiger partial charge in [0.2, 0.25) is 23.6 Å². The highest BCUT2D eigenvalue weighted by molar-refractivity contribution is 6.00. The number of likely N-dealkylation sites (tertiary alicyclic amines) is 2. The second kappa shape index (κ2) is 14.8. The van der Waals surface area contributed by atoms with Crippen molar-refractivity contribution in [3.05, 3.63) is 132 Å². The van der Waals surface area contributed by atoms with E-state index in [4.69, 9.17) is 0 Å². The highest BCUT2D eigenvalue weighted by Gasteiger charge is 2.35. The quantitative estimate of drug-likeness (QED) is 0.180. The summed E-state index contributed by atoms with van der Waals surface area (Å²) in [5.74, 6) is -0.376. The van der Waals surface area contributed by atoms with E-state index >= 15 is 0 Å². The number of hydrogen-bond acceptors (Lipinski definition) is 4. The molecule has 8 nitrogen and oxygen atoms in total. The van der Waals surface area contributed by atoms with Gasteiger partial charge in [0.15, 0.2) is 0 Å². The van der Waals surface area contributed by atoms with Gasteiger partial charge < -0.3 is 20.4 Å². The Morgan fingerprint density at radius 2 is 0.980 bits per heavy atom. The molecular weight excluding hydrogens is 624 g/mol. The molecule has 7 rings (SSSR count). The molecule has 0 spiro atoms. The Morgan fingerprint density at radius 3 is 1.54 bits per heavy atom. The SMILES string of the molecule is O=C(Nc1ccc2cc(-c3ccc(NC(=O)[C@@H]4CCCN4C(=O)Cc4ccccc4)cc3)ccc2c1)C1CCCN1C(=O)Cc1ccccc1. The fourth-order valence-corrected chi connectivity index (χ4v) is 7.12.